The molecule has 0 aliphatic heterocycles. The Morgan fingerprint density at radius 3 is 2.44 bits per heavy atom. The molecule has 0 aliphatic carbocycles. The number of halogens is 3. The van der Waals surface area contributed by atoms with E-state index in [1.165, 1.54) is 37.7 Å². The van der Waals surface area contributed by atoms with E-state index in [9.17, 15) is 13.2 Å². The highest BCUT2D eigenvalue weighted by molar-refractivity contribution is 5.73. The predicted molar refractivity (Wildman–Crippen MR) is 61.2 cm³/mol. The zero-order valence-corrected chi connectivity index (χ0v) is 9.53. The topological polar surface area (TPSA) is 22.1 Å². The van der Waals surface area contributed by atoms with Crippen LogP contribution < -0.4 is 4.74 Å². The van der Waals surface area contributed by atoms with E-state index >= 15 is 0 Å². The molecule has 2 rings (SSSR count). The van der Waals surface area contributed by atoms with Crippen molar-refractivity contribution in [2.45, 2.75) is 6.18 Å². The van der Waals surface area contributed by atoms with Crippen LogP contribution >= 0.6 is 0 Å². The molecule has 5 heteroatoms. The molecule has 0 atom stereocenters. The maximum atomic E-state index is 12.9. The van der Waals surface area contributed by atoms with Crippen molar-refractivity contribution in [2.24, 2.45) is 0 Å². The van der Waals surface area contributed by atoms with Crippen LogP contribution in [0.15, 0.2) is 42.7 Å². The second kappa shape index (κ2) is 4.68. The third-order valence-electron chi connectivity index (χ3n) is 2.53. The summed E-state index contributed by atoms with van der Waals surface area (Å²) >= 11 is 0. The van der Waals surface area contributed by atoms with Crippen LogP contribution in [-0.2, 0) is 6.18 Å². The van der Waals surface area contributed by atoms with Gasteiger partial charge >= 0.3 is 6.18 Å². The van der Waals surface area contributed by atoms with E-state index in [0.29, 0.717) is 11.3 Å². The number of ether oxygens (including phenoxy) is 1. The van der Waals surface area contributed by atoms with Crippen LogP contribution in [0.25, 0.3) is 11.1 Å². The first-order valence-electron chi connectivity index (χ1n) is 5.18. The molecular formula is C13H10F3NO. The number of benzene rings is 1. The normalized spacial score (nSPS) is 11.3. The minimum absolute atomic E-state index is 0.0873. The molecule has 94 valence electrons. The zero-order valence-electron chi connectivity index (χ0n) is 9.53. The van der Waals surface area contributed by atoms with Gasteiger partial charge in [0.05, 0.1) is 18.9 Å². The fourth-order valence-electron chi connectivity index (χ4n) is 1.73. The molecule has 0 unspecified atom stereocenters. The Labute approximate surface area is 102 Å². The van der Waals surface area contributed by atoms with Crippen LogP contribution in [0, 0.1) is 0 Å². The smallest absolute Gasteiger partial charge is 0.417 e. The molecule has 0 amide bonds. The summed E-state index contributed by atoms with van der Waals surface area (Å²) in [6.45, 7) is 0. The van der Waals surface area contributed by atoms with Crippen molar-refractivity contribution in [2.75, 3.05) is 7.11 Å². The number of rotatable bonds is 2. The Morgan fingerprint density at radius 1 is 1.06 bits per heavy atom. The minimum Gasteiger partial charge on any atom is -0.494 e. The van der Waals surface area contributed by atoms with Crippen LogP contribution in [0.3, 0.4) is 0 Å². The monoisotopic (exact) mass is 253 g/mol. The average Bonchev–Trinajstić information content (AvgIpc) is 2.37. The van der Waals surface area contributed by atoms with E-state index < -0.39 is 11.7 Å². The number of hydrogen-bond acceptors (Lipinski definition) is 2. The van der Waals surface area contributed by atoms with Crippen LogP contribution in [0.2, 0.25) is 0 Å². The quantitative estimate of drug-likeness (QED) is 0.812. The Morgan fingerprint density at radius 2 is 1.78 bits per heavy atom. The highest BCUT2D eigenvalue weighted by atomic mass is 19.4. The molecule has 0 radical (unpaired) electrons. The largest absolute Gasteiger partial charge is 0.494 e. The molecule has 0 saturated heterocycles. The van der Waals surface area contributed by atoms with Gasteiger partial charge in [-0.1, -0.05) is 18.2 Å². The molecule has 0 N–H and O–H groups in total. The molecule has 18 heavy (non-hydrogen) atoms. The lowest BCUT2D eigenvalue weighted by Crippen LogP contribution is -2.07. The lowest BCUT2D eigenvalue weighted by Gasteiger charge is -2.14. The maximum Gasteiger partial charge on any atom is 0.417 e. The molecule has 2 nitrogen and oxygen atoms in total. The standard InChI is InChI=1S/C13H10F3NO/c1-18-12-8-17-7-6-10(12)9-4-2-3-5-11(9)13(14,15)16/h2-8H,1H3. The van der Waals surface area contributed by atoms with Gasteiger partial charge in [-0.25, -0.2) is 0 Å². The van der Waals surface area contributed by atoms with Gasteiger partial charge in [0, 0.05) is 11.8 Å². The number of alkyl halides is 3. The molecule has 0 bridgehead atoms. The van der Waals surface area contributed by atoms with Crippen molar-refractivity contribution in [1.29, 1.82) is 0 Å². The predicted octanol–water partition coefficient (Wildman–Crippen LogP) is 3.78. The van der Waals surface area contributed by atoms with Gasteiger partial charge in [0.1, 0.15) is 5.75 Å². The highest BCUT2D eigenvalue weighted by Gasteiger charge is 2.33. The van der Waals surface area contributed by atoms with Gasteiger partial charge < -0.3 is 4.74 Å². The first kappa shape index (κ1) is 12.4. The first-order chi connectivity index (χ1) is 8.54. The molecule has 0 saturated carbocycles. The molecule has 1 heterocycles. The lowest BCUT2D eigenvalue weighted by molar-refractivity contribution is -0.137. The second-order valence-corrected chi connectivity index (χ2v) is 3.62. The summed E-state index contributed by atoms with van der Waals surface area (Å²) in [5, 5.41) is 0. The van der Waals surface area contributed by atoms with E-state index in [0.717, 1.165) is 6.07 Å². The summed E-state index contributed by atoms with van der Waals surface area (Å²) in [7, 11) is 1.40. The summed E-state index contributed by atoms with van der Waals surface area (Å²) in [6.07, 6.45) is -1.57. The van der Waals surface area contributed by atoms with Gasteiger partial charge in [-0.15, -0.1) is 0 Å². The van der Waals surface area contributed by atoms with E-state index in [2.05, 4.69) is 4.98 Å². The van der Waals surface area contributed by atoms with Crippen LogP contribution in [0.5, 0.6) is 5.75 Å². The van der Waals surface area contributed by atoms with Crippen LogP contribution in [0.1, 0.15) is 5.56 Å². The molecule has 0 fully saturated rings. The number of nitrogens with zero attached hydrogens (tertiary/aromatic N) is 1. The number of methoxy groups -OCH3 is 1. The number of pyridine rings is 1. The lowest BCUT2D eigenvalue weighted by atomic mass is 9.99. The zero-order chi connectivity index (χ0) is 13.2. The summed E-state index contributed by atoms with van der Waals surface area (Å²) in [5.74, 6) is 0.314. The fraction of sp³-hybridized carbons (Fsp3) is 0.154. The van der Waals surface area contributed by atoms with Gasteiger partial charge in [0.15, 0.2) is 0 Å². The first-order valence-corrected chi connectivity index (χ1v) is 5.18. The summed E-state index contributed by atoms with van der Waals surface area (Å²) in [6, 6.07) is 6.89. The molecule has 1 aromatic carbocycles. The van der Waals surface area contributed by atoms with Gasteiger partial charge in [0.25, 0.3) is 0 Å². The van der Waals surface area contributed by atoms with Crippen molar-refractivity contribution >= 4 is 0 Å². The number of hydrogen-bond donors (Lipinski definition) is 0. The maximum absolute atomic E-state index is 12.9. The van der Waals surface area contributed by atoms with Crippen molar-refractivity contribution in [3.63, 3.8) is 0 Å². The summed E-state index contributed by atoms with van der Waals surface area (Å²) in [5.41, 5.74) is -0.223. The third kappa shape index (κ3) is 2.30. The summed E-state index contributed by atoms with van der Waals surface area (Å²) in [4.78, 5) is 3.83. The van der Waals surface area contributed by atoms with Crippen LogP contribution in [0.4, 0.5) is 13.2 Å². The van der Waals surface area contributed by atoms with E-state index in [4.69, 9.17) is 4.74 Å². The van der Waals surface area contributed by atoms with Crippen molar-refractivity contribution in [3.05, 3.63) is 48.3 Å². The second-order valence-electron chi connectivity index (χ2n) is 3.62. The van der Waals surface area contributed by atoms with E-state index in [1.807, 2.05) is 0 Å². The van der Waals surface area contributed by atoms with Gasteiger partial charge in [-0.2, -0.15) is 13.2 Å². The van der Waals surface area contributed by atoms with Crippen LogP contribution in [-0.4, -0.2) is 12.1 Å². The molecule has 1 aromatic heterocycles. The molecule has 0 aliphatic rings. The molecular weight excluding hydrogens is 243 g/mol. The van der Waals surface area contributed by atoms with E-state index in [-0.39, 0.29) is 5.56 Å². The molecule has 2 aromatic rings. The van der Waals surface area contributed by atoms with E-state index in [1.54, 1.807) is 6.07 Å². The Balaban J connectivity index is 2.65. The third-order valence-corrected chi connectivity index (χ3v) is 2.53. The fourth-order valence-corrected chi connectivity index (χ4v) is 1.73. The minimum atomic E-state index is -4.40. The van der Waals surface area contributed by atoms with Gasteiger partial charge in [-0.05, 0) is 17.7 Å². The Kier molecular flexibility index (Phi) is 3.23. The van der Waals surface area contributed by atoms with Gasteiger partial charge in [0.2, 0.25) is 0 Å². The average molecular weight is 253 g/mol. The number of aromatic nitrogens is 1. The Bertz CT molecular complexity index is 552. The molecule has 0 spiro atoms. The van der Waals surface area contributed by atoms with Crippen molar-refractivity contribution < 1.29 is 17.9 Å². The Hall–Kier alpha value is -2.04. The van der Waals surface area contributed by atoms with Gasteiger partial charge in [-0.3, -0.25) is 4.98 Å². The van der Waals surface area contributed by atoms with Crippen molar-refractivity contribution in [3.8, 4) is 16.9 Å². The SMILES string of the molecule is COc1cnccc1-c1ccccc1C(F)(F)F. The summed E-state index contributed by atoms with van der Waals surface area (Å²) < 4.78 is 43.8. The highest BCUT2D eigenvalue weighted by Crippen LogP contribution is 2.39. The van der Waals surface area contributed by atoms with Crippen molar-refractivity contribution in [1.82, 2.24) is 4.98 Å².